The van der Waals surface area contributed by atoms with E-state index in [2.05, 4.69) is 16.5 Å². The zero-order valence-electron chi connectivity index (χ0n) is 27.2. The van der Waals surface area contributed by atoms with Crippen LogP contribution in [0.4, 0.5) is 11.4 Å². The summed E-state index contributed by atoms with van der Waals surface area (Å²) in [5.74, 6) is 0.843. The standard InChI is InChI=1S/C37H41N5O5S/c1-2-3-8-34-38-32-18-17-29(40-19-21-41(22-20-40)35(43)27-13-14-27)23-31(32)36(44)42(34)24-25-9-11-26(12-10-25)30-6-4-5-7-33(30)39-48(46,47)37(45)28-15-16-28/h4-7,9-12,17-18,23,27-28,39H,2-3,8,13-16,19-22,24H2,1H3. The number of rotatable bonds is 11. The molecule has 7 rings (SSSR count). The minimum atomic E-state index is -4.13. The van der Waals surface area contributed by atoms with Crippen molar-refractivity contribution in [3.05, 3.63) is 88.5 Å². The first-order valence-corrected chi connectivity index (χ1v) is 18.5. The molecule has 1 amide bonds. The van der Waals surface area contributed by atoms with E-state index in [1.165, 1.54) is 0 Å². The van der Waals surface area contributed by atoms with Crippen molar-refractivity contribution in [2.24, 2.45) is 11.8 Å². The zero-order chi connectivity index (χ0) is 33.4. The Morgan fingerprint density at radius 2 is 1.60 bits per heavy atom. The summed E-state index contributed by atoms with van der Waals surface area (Å²) in [6, 6.07) is 20.6. The SMILES string of the molecule is CCCCc1nc2ccc(N3CCN(C(=O)C4CC4)CC3)cc2c(=O)n1Cc1ccc(-c2ccccc2NS(=O)(=O)C(=O)C2CC2)cc1. The molecule has 2 aliphatic carbocycles. The number of hydrogen-bond acceptors (Lipinski definition) is 7. The molecule has 0 unspecified atom stereocenters. The van der Waals surface area contributed by atoms with Gasteiger partial charge in [0.1, 0.15) is 5.82 Å². The minimum absolute atomic E-state index is 0.0836. The van der Waals surface area contributed by atoms with Crippen LogP contribution < -0.4 is 15.2 Å². The van der Waals surface area contributed by atoms with Crippen molar-refractivity contribution in [1.29, 1.82) is 0 Å². The first-order chi connectivity index (χ1) is 23.2. The molecule has 2 heterocycles. The summed E-state index contributed by atoms with van der Waals surface area (Å²) < 4.78 is 29.7. The van der Waals surface area contributed by atoms with Gasteiger partial charge >= 0.3 is 0 Å². The summed E-state index contributed by atoms with van der Waals surface area (Å²) in [5, 5.41) is -0.182. The van der Waals surface area contributed by atoms with E-state index >= 15 is 0 Å². The number of anilines is 2. The van der Waals surface area contributed by atoms with E-state index in [-0.39, 0.29) is 17.4 Å². The molecule has 250 valence electrons. The van der Waals surface area contributed by atoms with Gasteiger partial charge in [0, 0.05) is 55.7 Å². The number of nitrogens with zero attached hydrogens (tertiary/aromatic N) is 4. The highest BCUT2D eigenvalue weighted by atomic mass is 32.2. The van der Waals surface area contributed by atoms with Gasteiger partial charge in [-0.05, 0) is 67.5 Å². The van der Waals surface area contributed by atoms with E-state index in [0.29, 0.717) is 61.1 Å². The molecular weight excluding hydrogens is 627 g/mol. The van der Waals surface area contributed by atoms with Crippen molar-refractivity contribution < 1.29 is 18.0 Å². The van der Waals surface area contributed by atoms with Crippen LogP contribution in [0.2, 0.25) is 0 Å². The number of amides is 1. The molecule has 3 aliphatic rings. The van der Waals surface area contributed by atoms with Crippen molar-refractivity contribution in [2.75, 3.05) is 35.8 Å². The first-order valence-electron chi connectivity index (χ1n) is 17.0. The van der Waals surface area contributed by atoms with Gasteiger partial charge in [0.25, 0.3) is 20.7 Å². The molecule has 4 aromatic rings. The van der Waals surface area contributed by atoms with Crippen LogP contribution in [0.3, 0.4) is 0 Å². The molecule has 0 spiro atoms. The van der Waals surface area contributed by atoms with Crippen molar-refractivity contribution in [3.8, 4) is 11.1 Å². The smallest absolute Gasteiger partial charge is 0.296 e. The first kappa shape index (κ1) is 32.1. The molecule has 0 atom stereocenters. The van der Waals surface area contributed by atoms with Crippen LogP contribution >= 0.6 is 0 Å². The number of nitrogens with one attached hydrogen (secondary N) is 1. The molecule has 0 bridgehead atoms. The topological polar surface area (TPSA) is 122 Å². The summed E-state index contributed by atoms with van der Waals surface area (Å²) >= 11 is 0. The Morgan fingerprint density at radius 3 is 2.29 bits per heavy atom. The number of unbranched alkanes of at least 4 members (excludes halogenated alkanes) is 1. The van der Waals surface area contributed by atoms with Crippen LogP contribution in [0.25, 0.3) is 22.0 Å². The fourth-order valence-corrected chi connectivity index (χ4v) is 7.69. The summed E-state index contributed by atoms with van der Waals surface area (Å²) in [5.41, 5.74) is 4.27. The Labute approximate surface area is 280 Å². The number of aromatic nitrogens is 2. The lowest BCUT2D eigenvalue weighted by atomic mass is 10.0. The van der Waals surface area contributed by atoms with Crippen molar-refractivity contribution in [1.82, 2.24) is 14.5 Å². The molecule has 48 heavy (non-hydrogen) atoms. The third kappa shape index (κ3) is 6.74. The lowest BCUT2D eigenvalue weighted by Gasteiger charge is -2.36. The van der Waals surface area contributed by atoms with E-state index in [1.54, 1.807) is 16.7 Å². The molecule has 1 aliphatic heterocycles. The van der Waals surface area contributed by atoms with Gasteiger partial charge in [0.15, 0.2) is 0 Å². The third-order valence-electron chi connectivity index (χ3n) is 9.61. The monoisotopic (exact) mass is 667 g/mol. The molecule has 11 heteroatoms. The average molecular weight is 668 g/mol. The number of carbonyl (C=O) groups excluding carboxylic acids is 2. The lowest BCUT2D eigenvalue weighted by Crippen LogP contribution is -2.49. The van der Waals surface area contributed by atoms with Gasteiger partial charge in [0.2, 0.25) is 5.91 Å². The highest BCUT2D eigenvalue weighted by molar-refractivity contribution is 8.07. The normalized spacial score (nSPS) is 16.7. The van der Waals surface area contributed by atoms with Crippen LogP contribution in [-0.2, 0) is 32.6 Å². The number of piperazine rings is 1. The van der Waals surface area contributed by atoms with E-state index in [0.717, 1.165) is 61.4 Å². The van der Waals surface area contributed by atoms with E-state index in [4.69, 9.17) is 4.98 Å². The molecule has 10 nitrogen and oxygen atoms in total. The molecule has 1 N–H and O–H groups in total. The molecule has 3 fully saturated rings. The van der Waals surface area contributed by atoms with Crippen LogP contribution in [0.15, 0.2) is 71.5 Å². The zero-order valence-corrected chi connectivity index (χ0v) is 28.0. The maximum atomic E-state index is 14.1. The summed E-state index contributed by atoms with van der Waals surface area (Å²) in [4.78, 5) is 48.2. The molecule has 0 radical (unpaired) electrons. The average Bonchev–Trinajstić information content (AvgIpc) is 4.03. The van der Waals surface area contributed by atoms with E-state index in [1.807, 2.05) is 59.5 Å². The van der Waals surface area contributed by atoms with Gasteiger partial charge in [-0.15, -0.1) is 0 Å². The number of benzene rings is 3. The molecule has 1 aromatic heterocycles. The third-order valence-corrected chi connectivity index (χ3v) is 11.0. The second-order valence-electron chi connectivity index (χ2n) is 13.3. The quantitative estimate of drug-likeness (QED) is 0.234. The van der Waals surface area contributed by atoms with Gasteiger partial charge in [-0.25, -0.2) is 4.98 Å². The molecule has 3 aromatic carbocycles. The maximum Gasteiger partial charge on any atom is 0.296 e. The Hall–Kier alpha value is -4.51. The minimum Gasteiger partial charge on any atom is -0.368 e. The van der Waals surface area contributed by atoms with Crippen molar-refractivity contribution in [2.45, 2.75) is 58.4 Å². The molecule has 1 saturated heterocycles. The largest absolute Gasteiger partial charge is 0.368 e. The second-order valence-corrected chi connectivity index (χ2v) is 14.9. The number of aryl methyl sites for hydroxylation is 1. The fraction of sp³-hybridized carbons (Fsp3) is 0.405. The summed E-state index contributed by atoms with van der Waals surface area (Å²) in [7, 11) is -4.13. The van der Waals surface area contributed by atoms with Crippen molar-refractivity contribution in [3.63, 3.8) is 0 Å². The van der Waals surface area contributed by atoms with Gasteiger partial charge < -0.3 is 9.80 Å². The van der Waals surface area contributed by atoms with Crippen LogP contribution in [0.5, 0.6) is 0 Å². The number of carbonyl (C=O) groups is 2. The van der Waals surface area contributed by atoms with Gasteiger partial charge in [-0.2, -0.15) is 8.42 Å². The van der Waals surface area contributed by atoms with Crippen LogP contribution in [0.1, 0.15) is 56.8 Å². The highest BCUT2D eigenvalue weighted by Crippen LogP contribution is 2.34. The van der Waals surface area contributed by atoms with Crippen LogP contribution in [-0.4, -0.2) is 60.1 Å². The second kappa shape index (κ2) is 13.2. The van der Waals surface area contributed by atoms with E-state index < -0.39 is 21.1 Å². The Bertz CT molecular complexity index is 2030. The predicted octanol–water partition coefficient (Wildman–Crippen LogP) is 5.19. The summed E-state index contributed by atoms with van der Waals surface area (Å²) in [6.45, 7) is 5.30. The lowest BCUT2D eigenvalue weighted by molar-refractivity contribution is -0.132. The van der Waals surface area contributed by atoms with Crippen molar-refractivity contribution >= 4 is 43.3 Å². The Morgan fingerprint density at radius 1 is 0.896 bits per heavy atom. The molecular formula is C37H41N5O5S. The number of fused-ring (bicyclic) bond motifs is 1. The number of sulfonamides is 1. The maximum absolute atomic E-state index is 14.1. The fourth-order valence-electron chi connectivity index (χ4n) is 6.44. The van der Waals surface area contributed by atoms with Crippen LogP contribution in [0, 0.1) is 11.8 Å². The van der Waals surface area contributed by atoms with Gasteiger partial charge in [-0.3, -0.25) is 23.7 Å². The number of hydrogen-bond donors (Lipinski definition) is 1. The molecule has 2 saturated carbocycles. The summed E-state index contributed by atoms with van der Waals surface area (Å²) in [6.07, 6.45) is 5.82. The predicted molar refractivity (Wildman–Crippen MR) is 187 cm³/mol. The van der Waals surface area contributed by atoms with Gasteiger partial charge in [-0.1, -0.05) is 55.8 Å². The van der Waals surface area contributed by atoms with Gasteiger partial charge in [0.05, 0.1) is 23.1 Å². The van der Waals surface area contributed by atoms with E-state index in [9.17, 15) is 22.8 Å². The highest BCUT2D eigenvalue weighted by Gasteiger charge is 2.38. The Balaban J connectivity index is 1.13. The Kier molecular flexibility index (Phi) is 8.80. The number of para-hydroxylation sites is 1.